The zero-order chi connectivity index (χ0) is 11.5. The van der Waals surface area contributed by atoms with Crippen LogP contribution < -0.4 is 0 Å². The van der Waals surface area contributed by atoms with Crippen molar-refractivity contribution >= 4 is 5.78 Å². The minimum Gasteiger partial charge on any atom is -0.291 e. The Hall–Kier alpha value is -2.13. The molecule has 74 valence electrons. The van der Waals surface area contributed by atoms with E-state index in [1.807, 2.05) is 6.92 Å². The Labute approximate surface area is 88.6 Å². The number of carbonyl (C=O) groups is 1. The Morgan fingerprint density at radius 1 is 1.20 bits per heavy atom. The van der Waals surface area contributed by atoms with E-state index in [2.05, 4.69) is 0 Å². The second-order valence-electron chi connectivity index (χ2n) is 3.54. The van der Waals surface area contributed by atoms with Crippen LogP contribution in [0.2, 0.25) is 0 Å². The molecule has 0 bridgehead atoms. The number of nitrogens with zero attached hydrogens (tertiary/aromatic N) is 2. The van der Waals surface area contributed by atoms with E-state index in [9.17, 15) is 4.79 Å². The molecule has 1 rings (SSSR count). The molecule has 0 unspecified atom stereocenters. The van der Waals surface area contributed by atoms with Crippen LogP contribution in [-0.4, -0.2) is 5.78 Å². The van der Waals surface area contributed by atoms with Gasteiger partial charge in [0.15, 0.2) is 5.78 Å². The van der Waals surface area contributed by atoms with Gasteiger partial charge in [-0.05, 0) is 13.8 Å². The highest BCUT2D eigenvalue weighted by Gasteiger charge is 2.33. The number of benzene rings is 1. The maximum atomic E-state index is 11.8. The van der Waals surface area contributed by atoms with Crippen LogP contribution in [0.15, 0.2) is 24.3 Å². The first-order chi connectivity index (χ1) is 7.03. The van der Waals surface area contributed by atoms with Crippen LogP contribution in [0, 0.1) is 35.0 Å². The lowest BCUT2D eigenvalue weighted by molar-refractivity contribution is 0.0918. The summed E-state index contributed by atoms with van der Waals surface area (Å²) in [6, 6.07) is 10.3. The molecule has 0 radical (unpaired) electrons. The number of ketones is 1. The predicted octanol–water partition coefficient (Wildman–Crippen LogP) is 2.23. The van der Waals surface area contributed by atoms with Crippen molar-refractivity contribution in [1.29, 1.82) is 10.5 Å². The van der Waals surface area contributed by atoms with Crippen molar-refractivity contribution in [3.05, 3.63) is 35.4 Å². The molecule has 3 nitrogen and oxygen atoms in total. The van der Waals surface area contributed by atoms with Crippen molar-refractivity contribution in [2.75, 3.05) is 0 Å². The quantitative estimate of drug-likeness (QED) is 0.684. The lowest BCUT2D eigenvalue weighted by Gasteiger charge is -2.10. The number of carbonyl (C=O) groups excluding carboxylic acids is 1. The number of Topliss-reactive ketones (excluding diaryl/α,β-unsaturated/α-hetero) is 1. The first-order valence-corrected chi connectivity index (χ1v) is 4.47. The van der Waals surface area contributed by atoms with E-state index >= 15 is 0 Å². The molecule has 0 aliphatic heterocycles. The molecule has 0 saturated heterocycles. The van der Waals surface area contributed by atoms with Gasteiger partial charge in [-0.25, -0.2) is 0 Å². The molecule has 0 aliphatic rings. The van der Waals surface area contributed by atoms with Crippen LogP contribution in [0.3, 0.4) is 0 Å². The molecule has 0 aromatic heterocycles. The summed E-state index contributed by atoms with van der Waals surface area (Å²) < 4.78 is 0. The summed E-state index contributed by atoms with van der Waals surface area (Å²) in [5.74, 6) is -0.451. The summed E-state index contributed by atoms with van der Waals surface area (Å²) in [5, 5.41) is 17.6. The van der Waals surface area contributed by atoms with Crippen molar-refractivity contribution in [1.82, 2.24) is 0 Å². The van der Waals surface area contributed by atoms with Crippen molar-refractivity contribution < 1.29 is 4.79 Å². The fourth-order valence-electron chi connectivity index (χ4n) is 1.12. The van der Waals surface area contributed by atoms with E-state index in [-0.39, 0.29) is 0 Å². The van der Waals surface area contributed by atoms with Gasteiger partial charge in [-0.3, -0.25) is 4.79 Å². The summed E-state index contributed by atoms with van der Waals surface area (Å²) in [6.07, 6.45) is 0. The molecular formula is C12H10N2O. The number of hydrogen-bond acceptors (Lipinski definition) is 3. The van der Waals surface area contributed by atoms with Gasteiger partial charge >= 0.3 is 0 Å². The molecule has 0 amide bonds. The van der Waals surface area contributed by atoms with Crippen LogP contribution in [0.1, 0.15) is 22.8 Å². The van der Waals surface area contributed by atoms with Crippen LogP contribution in [0.4, 0.5) is 0 Å². The van der Waals surface area contributed by atoms with Gasteiger partial charge in [-0.2, -0.15) is 10.5 Å². The van der Waals surface area contributed by atoms with Gasteiger partial charge in [-0.1, -0.05) is 29.8 Å². The van der Waals surface area contributed by atoms with Crippen LogP contribution >= 0.6 is 0 Å². The number of rotatable bonds is 2. The topological polar surface area (TPSA) is 64.7 Å². The van der Waals surface area contributed by atoms with Crippen molar-refractivity contribution in [3.8, 4) is 12.1 Å². The summed E-state index contributed by atoms with van der Waals surface area (Å²) in [5.41, 5.74) is -0.164. The highest BCUT2D eigenvalue weighted by Crippen LogP contribution is 2.20. The molecule has 0 spiro atoms. The second-order valence-corrected chi connectivity index (χ2v) is 3.54. The molecule has 0 heterocycles. The van der Waals surface area contributed by atoms with Crippen LogP contribution in [0.25, 0.3) is 0 Å². The van der Waals surface area contributed by atoms with Gasteiger partial charge in [0, 0.05) is 5.56 Å². The van der Waals surface area contributed by atoms with Gasteiger partial charge < -0.3 is 0 Å². The maximum absolute atomic E-state index is 11.8. The Morgan fingerprint density at radius 3 is 2.07 bits per heavy atom. The molecule has 1 aromatic carbocycles. The van der Waals surface area contributed by atoms with Gasteiger partial charge in [-0.15, -0.1) is 0 Å². The smallest absolute Gasteiger partial charge is 0.203 e. The monoisotopic (exact) mass is 198 g/mol. The van der Waals surface area contributed by atoms with Crippen LogP contribution in [-0.2, 0) is 0 Å². The van der Waals surface area contributed by atoms with E-state index in [0.717, 1.165) is 5.56 Å². The van der Waals surface area contributed by atoms with Gasteiger partial charge in [0.1, 0.15) is 0 Å². The zero-order valence-electron chi connectivity index (χ0n) is 8.61. The van der Waals surface area contributed by atoms with Crippen molar-refractivity contribution in [2.45, 2.75) is 13.8 Å². The van der Waals surface area contributed by atoms with Crippen LogP contribution in [0.5, 0.6) is 0 Å². The van der Waals surface area contributed by atoms with E-state index in [1.54, 1.807) is 36.4 Å². The summed E-state index contributed by atoms with van der Waals surface area (Å²) in [6.45, 7) is 3.23. The highest BCUT2D eigenvalue weighted by molar-refractivity contribution is 6.03. The average Bonchev–Trinajstić information content (AvgIpc) is 2.28. The Bertz CT molecular complexity index is 446. The molecule has 0 aliphatic carbocycles. The SMILES string of the molecule is Cc1ccc(C(=O)C(C)(C#N)C#N)cc1. The highest BCUT2D eigenvalue weighted by atomic mass is 16.1. The second kappa shape index (κ2) is 3.94. The largest absolute Gasteiger partial charge is 0.291 e. The van der Waals surface area contributed by atoms with Crippen molar-refractivity contribution in [3.63, 3.8) is 0 Å². The van der Waals surface area contributed by atoms with E-state index < -0.39 is 11.2 Å². The molecular weight excluding hydrogens is 188 g/mol. The molecule has 0 atom stereocenters. The van der Waals surface area contributed by atoms with Gasteiger partial charge in [0.05, 0.1) is 12.1 Å². The first-order valence-electron chi connectivity index (χ1n) is 4.47. The third-order valence-electron chi connectivity index (χ3n) is 2.22. The molecule has 0 fully saturated rings. The van der Waals surface area contributed by atoms with E-state index in [1.165, 1.54) is 6.92 Å². The summed E-state index contributed by atoms with van der Waals surface area (Å²) >= 11 is 0. The molecule has 15 heavy (non-hydrogen) atoms. The molecule has 0 N–H and O–H groups in total. The third kappa shape index (κ3) is 2.03. The van der Waals surface area contributed by atoms with E-state index in [0.29, 0.717) is 5.56 Å². The molecule has 3 heteroatoms. The molecule has 0 saturated carbocycles. The Balaban J connectivity index is 3.12. The van der Waals surface area contributed by atoms with Gasteiger partial charge in [0.25, 0.3) is 0 Å². The first kappa shape index (κ1) is 10.9. The third-order valence-corrected chi connectivity index (χ3v) is 2.22. The normalized spacial score (nSPS) is 10.1. The summed E-state index contributed by atoms with van der Waals surface area (Å²) in [7, 11) is 0. The standard InChI is InChI=1S/C12H10N2O/c1-9-3-5-10(6-4-9)11(15)12(2,7-13)8-14/h3-6H,1-2H3. The number of hydrogen-bond donors (Lipinski definition) is 0. The summed E-state index contributed by atoms with van der Waals surface area (Å²) in [4.78, 5) is 11.8. The average molecular weight is 198 g/mol. The number of nitriles is 2. The zero-order valence-corrected chi connectivity index (χ0v) is 8.61. The Kier molecular flexibility index (Phi) is 2.87. The van der Waals surface area contributed by atoms with E-state index in [4.69, 9.17) is 10.5 Å². The Morgan fingerprint density at radius 2 is 1.67 bits per heavy atom. The van der Waals surface area contributed by atoms with Gasteiger partial charge in [0.2, 0.25) is 5.41 Å². The van der Waals surface area contributed by atoms with Crippen molar-refractivity contribution in [2.24, 2.45) is 5.41 Å². The number of aryl methyl sites for hydroxylation is 1. The predicted molar refractivity (Wildman–Crippen MR) is 54.8 cm³/mol. The fraction of sp³-hybridized carbons (Fsp3) is 0.250. The lowest BCUT2D eigenvalue weighted by Crippen LogP contribution is -2.24. The minimum absolute atomic E-state index is 0.395. The maximum Gasteiger partial charge on any atom is 0.203 e. The fourth-order valence-corrected chi connectivity index (χ4v) is 1.12. The lowest BCUT2D eigenvalue weighted by atomic mass is 9.85. The minimum atomic E-state index is -1.59. The molecule has 1 aromatic rings.